The number of carbonyl (C=O) groups is 1. The maximum atomic E-state index is 12.1. The molecule has 2 N–H and O–H groups in total. The lowest BCUT2D eigenvalue weighted by molar-refractivity contribution is 0.0611. The van der Waals surface area contributed by atoms with E-state index in [0.29, 0.717) is 4.88 Å². The van der Waals surface area contributed by atoms with E-state index in [1.807, 2.05) is 40.5 Å². The Morgan fingerprint density at radius 2 is 2.26 bits per heavy atom. The topological polar surface area (TPSA) is 63.5 Å². The first-order valence-electron chi connectivity index (χ1n) is 5.88. The summed E-state index contributed by atoms with van der Waals surface area (Å²) in [6, 6.07) is 5.70. The number of hydrogen-bond acceptors (Lipinski definition) is 4. The Morgan fingerprint density at radius 3 is 2.95 bits per heavy atom. The average Bonchev–Trinajstić information content (AvgIpc) is 3.05. The second kappa shape index (κ2) is 6.51. The Morgan fingerprint density at radius 1 is 1.53 bits per heavy atom. The third kappa shape index (κ3) is 3.44. The minimum absolute atomic E-state index is 0.176. The van der Waals surface area contributed by atoms with Gasteiger partial charge in [0.05, 0.1) is 18.4 Å². The standard InChI is InChI=1S/C13H16N2O3S/c1-18-9-10(16)8-14-13(17)12-11(4-7-19-12)15-5-2-3-6-15/h2-7,10,16H,8-9H2,1H3,(H,14,17). The molecule has 0 spiro atoms. The quantitative estimate of drug-likeness (QED) is 0.837. The number of amides is 1. The van der Waals surface area contributed by atoms with Crippen LogP contribution in [0, 0.1) is 0 Å². The molecule has 0 aliphatic carbocycles. The summed E-state index contributed by atoms with van der Waals surface area (Å²) in [5, 5.41) is 14.1. The average molecular weight is 280 g/mol. The SMILES string of the molecule is COCC(O)CNC(=O)c1sccc1-n1cccc1. The molecule has 0 aliphatic heterocycles. The van der Waals surface area contributed by atoms with Gasteiger partial charge in [-0.25, -0.2) is 0 Å². The van der Waals surface area contributed by atoms with Crippen molar-refractivity contribution in [2.24, 2.45) is 0 Å². The van der Waals surface area contributed by atoms with Crippen LogP contribution in [-0.2, 0) is 4.74 Å². The first-order valence-corrected chi connectivity index (χ1v) is 6.76. The molecule has 5 nitrogen and oxygen atoms in total. The first kappa shape index (κ1) is 13.8. The highest BCUT2D eigenvalue weighted by Gasteiger charge is 2.15. The number of rotatable bonds is 6. The number of nitrogens with one attached hydrogen (secondary N) is 1. The molecule has 0 aromatic carbocycles. The zero-order valence-electron chi connectivity index (χ0n) is 10.6. The van der Waals surface area contributed by atoms with E-state index in [-0.39, 0.29) is 19.1 Å². The molecule has 0 aliphatic rings. The zero-order valence-corrected chi connectivity index (χ0v) is 11.4. The van der Waals surface area contributed by atoms with Gasteiger partial charge in [-0.3, -0.25) is 4.79 Å². The van der Waals surface area contributed by atoms with Crippen LogP contribution in [0.25, 0.3) is 5.69 Å². The summed E-state index contributed by atoms with van der Waals surface area (Å²) >= 11 is 1.38. The highest BCUT2D eigenvalue weighted by atomic mass is 32.1. The van der Waals surface area contributed by atoms with Crippen molar-refractivity contribution in [1.82, 2.24) is 9.88 Å². The monoisotopic (exact) mass is 280 g/mol. The van der Waals surface area contributed by atoms with Gasteiger partial charge in [-0.2, -0.15) is 0 Å². The third-order valence-electron chi connectivity index (χ3n) is 2.59. The van der Waals surface area contributed by atoms with Gasteiger partial charge in [0.2, 0.25) is 0 Å². The number of carbonyl (C=O) groups excluding carboxylic acids is 1. The van der Waals surface area contributed by atoms with E-state index in [9.17, 15) is 9.90 Å². The van der Waals surface area contributed by atoms with E-state index in [0.717, 1.165) is 5.69 Å². The minimum Gasteiger partial charge on any atom is -0.389 e. The molecule has 0 fully saturated rings. The highest BCUT2D eigenvalue weighted by Crippen LogP contribution is 2.21. The molecule has 2 rings (SSSR count). The second-order valence-corrected chi connectivity index (χ2v) is 4.96. The van der Waals surface area contributed by atoms with Crippen LogP contribution in [0.2, 0.25) is 0 Å². The summed E-state index contributed by atoms with van der Waals surface area (Å²) in [7, 11) is 1.51. The molecule has 0 saturated carbocycles. The molecule has 2 heterocycles. The lowest BCUT2D eigenvalue weighted by Crippen LogP contribution is -2.34. The van der Waals surface area contributed by atoms with Gasteiger partial charge in [0, 0.05) is 26.0 Å². The van der Waals surface area contributed by atoms with Gasteiger partial charge in [0.25, 0.3) is 5.91 Å². The van der Waals surface area contributed by atoms with Gasteiger partial charge in [-0.15, -0.1) is 11.3 Å². The van der Waals surface area contributed by atoms with Gasteiger partial charge in [0.15, 0.2) is 0 Å². The van der Waals surface area contributed by atoms with E-state index in [1.165, 1.54) is 18.4 Å². The first-order chi connectivity index (χ1) is 9.22. The molecule has 0 saturated heterocycles. The molecule has 2 aromatic rings. The van der Waals surface area contributed by atoms with Crippen molar-refractivity contribution < 1.29 is 14.6 Å². The molecule has 1 unspecified atom stereocenters. The van der Waals surface area contributed by atoms with E-state index in [4.69, 9.17) is 4.74 Å². The van der Waals surface area contributed by atoms with Crippen molar-refractivity contribution in [3.63, 3.8) is 0 Å². The van der Waals surface area contributed by atoms with E-state index < -0.39 is 6.10 Å². The van der Waals surface area contributed by atoms with Crippen molar-refractivity contribution in [2.75, 3.05) is 20.3 Å². The maximum Gasteiger partial charge on any atom is 0.263 e. The number of aromatic nitrogens is 1. The van der Waals surface area contributed by atoms with Crippen LogP contribution in [0.15, 0.2) is 36.0 Å². The van der Waals surface area contributed by atoms with Gasteiger partial charge >= 0.3 is 0 Å². The minimum atomic E-state index is -0.691. The number of aliphatic hydroxyl groups excluding tert-OH is 1. The van der Waals surface area contributed by atoms with Gasteiger partial charge in [-0.1, -0.05) is 0 Å². The molecule has 102 valence electrons. The van der Waals surface area contributed by atoms with Crippen LogP contribution in [0.4, 0.5) is 0 Å². The molecule has 19 heavy (non-hydrogen) atoms. The zero-order chi connectivity index (χ0) is 13.7. The molecule has 0 bridgehead atoms. The predicted molar refractivity (Wildman–Crippen MR) is 73.9 cm³/mol. The Bertz CT molecular complexity index is 522. The second-order valence-electron chi connectivity index (χ2n) is 4.04. The lowest BCUT2D eigenvalue weighted by atomic mass is 10.3. The van der Waals surface area contributed by atoms with Crippen LogP contribution < -0.4 is 5.32 Å². The van der Waals surface area contributed by atoms with Gasteiger partial charge in [-0.05, 0) is 23.6 Å². The van der Waals surface area contributed by atoms with Crippen molar-refractivity contribution in [3.8, 4) is 5.69 Å². The number of nitrogens with zero attached hydrogens (tertiary/aromatic N) is 1. The van der Waals surface area contributed by atoms with Crippen molar-refractivity contribution in [1.29, 1.82) is 0 Å². The summed E-state index contributed by atoms with van der Waals surface area (Å²) in [6.07, 6.45) is 3.08. The van der Waals surface area contributed by atoms with Crippen molar-refractivity contribution >= 4 is 17.2 Å². The fourth-order valence-corrected chi connectivity index (χ4v) is 2.52. The predicted octanol–water partition coefficient (Wildman–Crippen LogP) is 1.28. The fourth-order valence-electron chi connectivity index (χ4n) is 1.71. The van der Waals surface area contributed by atoms with Crippen LogP contribution >= 0.6 is 11.3 Å². The molecular formula is C13H16N2O3S. The fraction of sp³-hybridized carbons (Fsp3) is 0.308. The number of thiophene rings is 1. The molecule has 1 atom stereocenters. The number of hydrogen-bond donors (Lipinski definition) is 2. The van der Waals surface area contributed by atoms with E-state index in [2.05, 4.69) is 5.32 Å². The van der Waals surface area contributed by atoms with Crippen LogP contribution in [0.5, 0.6) is 0 Å². The summed E-state index contributed by atoms with van der Waals surface area (Å²) in [4.78, 5) is 12.7. The van der Waals surface area contributed by atoms with Crippen LogP contribution in [0.3, 0.4) is 0 Å². The van der Waals surface area contributed by atoms with E-state index in [1.54, 1.807) is 0 Å². The number of methoxy groups -OCH3 is 1. The summed E-state index contributed by atoms with van der Waals surface area (Å²) in [5.41, 5.74) is 0.841. The highest BCUT2D eigenvalue weighted by molar-refractivity contribution is 7.12. The number of aliphatic hydroxyl groups is 1. The molecule has 1 amide bonds. The van der Waals surface area contributed by atoms with Gasteiger partial charge < -0.3 is 19.7 Å². The molecule has 6 heteroatoms. The Labute approximate surface area is 115 Å². The summed E-state index contributed by atoms with van der Waals surface area (Å²) in [5.74, 6) is -0.186. The smallest absolute Gasteiger partial charge is 0.263 e. The van der Waals surface area contributed by atoms with E-state index >= 15 is 0 Å². The number of ether oxygens (including phenoxy) is 1. The Hall–Kier alpha value is -1.63. The molecular weight excluding hydrogens is 264 g/mol. The molecule has 2 aromatic heterocycles. The summed E-state index contributed by atoms with van der Waals surface area (Å²) in [6.45, 7) is 0.380. The summed E-state index contributed by atoms with van der Waals surface area (Å²) < 4.78 is 6.69. The van der Waals surface area contributed by atoms with Gasteiger partial charge in [0.1, 0.15) is 4.88 Å². The van der Waals surface area contributed by atoms with Crippen molar-refractivity contribution in [3.05, 3.63) is 40.8 Å². The Kier molecular flexibility index (Phi) is 4.73. The maximum absolute atomic E-state index is 12.1. The third-order valence-corrected chi connectivity index (χ3v) is 3.49. The normalized spacial score (nSPS) is 12.3. The Balaban J connectivity index is 2.02. The van der Waals surface area contributed by atoms with Crippen LogP contribution in [0.1, 0.15) is 9.67 Å². The largest absolute Gasteiger partial charge is 0.389 e. The van der Waals surface area contributed by atoms with Crippen LogP contribution in [-0.4, -0.2) is 41.9 Å². The molecule has 0 radical (unpaired) electrons. The van der Waals surface area contributed by atoms with Crippen molar-refractivity contribution in [2.45, 2.75) is 6.10 Å². The lowest BCUT2D eigenvalue weighted by Gasteiger charge is -2.11.